The van der Waals surface area contributed by atoms with Crippen LogP contribution in [-0.2, 0) is 13.0 Å². The maximum atomic E-state index is 5.66. The van der Waals surface area contributed by atoms with Crippen molar-refractivity contribution in [1.82, 2.24) is 5.32 Å². The minimum Gasteiger partial charge on any atom is -0.493 e. The van der Waals surface area contributed by atoms with Gasteiger partial charge in [-0.05, 0) is 24.1 Å². The Hall–Kier alpha value is -1.44. The molecule has 2 nitrogen and oxygen atoms in total. The van der Waals surface area contributed by atoms with E-state index in [2.05, 4.69) is 30.4 Å². The van der Waals surface area contributed by atoms with Gasteiger partial charge in [-0.1, -0.05) is 12.1 Å². The zero-order valence-corrected chi connectivity index (χ0v) is 8.26. The van der Waals surface area contributed by atoms with Crippen molar-refractivity contribution in [2.24, 2.45) is 0 Å². The second kappa shape index (κ2) is 2.77. The highest BCUT2D eigenvalue weighted by molar-refractivity contribution is 5.64. The smallest absolute Gasteiger partial charge is 0.128 e. The number of benzene rings is 1. The Kier molecular flexibility index (Phi) is 1.57. The van der Waals surface area contributed by atoms with Crippen molar-refractivity contribution in [3.8, 4) is 5.75 Å². The zero-order chi connectivity index (χ0) is 9.54. The fourth-order valence-electron chi connectivity index (χ4n) is 2.16. The zero-order valence-electron chi connectivity index (χ0n) is 8.26. The van der Waals surface area contributed by atoms with Crippen molar-refractivity contribution in [3.63, 3.8) is 0 Å². The minimum atomic E-state index is 0.842. The first-order chi connectivity index (χ1) is 6.84. The number of hydrogen-bond acceptors (Lipinski definition) is 2. The summed E-state index contributed by atoms with van der Waals surface area (Å²) in [5.74, 6) is 1.12. The number of nitrogens with one attached hydrogen (secondary N) is 1. The lowest BCUT2D eigenvalue weighted by Crippen LogP contribution is -2.16. The molecule has 0 saturated carbocycles. The highest BCUT2D eigenvalue weighted by Gasteiger charge is 2.20. The van der Waals surface area contributed by atoms with Gasteiger partial charge in [0.15, 0.2) is 0 Å². The molecular weight excluding hydrogens is 174 g/mol. The van der Waals surface area contributed by atoms with E-state index in [1.165, 1.54) is 22.4 Å². The van der Waals surface area contributed by atoms with Gasteiger partial charge >= 0.3 is 0 Å². The summed E-state index contributed by atoms with van der Waals surface area (Å²) in [5, 5.41) is 3.35. The van der Waals surface area contributed by atoms with Crippen LogP contribution >= 0.6 is 0 Å². The van der Waals surface area contributed by atoms with E-state index in [-0.39, 0.29) is 0 Å². The Morgan fingerprint density at radius 2 is 2.29 bits per heavy atom. The molecule has 0 unspecified atom stereocenters. The predicted octanol–water partition coefficient (Wildman–Crippen LogP) is 2.09. The predicted molar refractivity (Wildman–Crippen MR) is 56.1 cm³/mol. The third-order valence-corrected chi connectivity index (χ3v) is 2.91. The molecule has 0 atom stereocenters. The highest BCUT2D eigenvalue weighted by atomic mass is 16.5. The summed E-state index contributed by atoms with van der Waals surface area (Å²) < 4.78 is 5.66. The topological polar surface area (TPSA) is 21.3 Å². The number of hydrogen-bond donors (Lipinski definition) is 1. The molecular formula is C12H13NO. The van der Waals surface area contributed by atoms with Crippen LogP contribution in [0, 0.1) is 0 Å². The number of ether oxygens (including phenoxy) is 1. The SMILES string of the molecule is CC1=Cc2ccc3c(c2CN1)OCC3. The van der Waals surface area contributed by atoms with Gasteiger partial charge in [-0.2, -0.15) is 0 Å². The fraction of sp³-hybridized carbons (Fsp3) is 0.333. The van der Waals surface area contributed by atoms with E-state index in [0.717, 1.165) is 25.3 Å². The van der Waals surface area contributed by atoms with Crippen LogP contribution in [-0.4, -0.2) is 6.61 Å². The van der Waals surface area contributed by atoms with Gasteiger partial charge in [0.1, 0.15) is 5.75 Å². The molecule has 14 heavy (non-hydrogen) atoms. The second-order valence-corrected chi connectivity index (χ2v) is 3.90. The molecule has 2 aliphatic rings. The third-order valence-electron chi connectivity index (χ3n) is 2.91. The maximum Gasteiger partial charge on any atom is 0.128 e. The van der Waals surface area contributed by atoms with Crippen molar-refractivity contribution < 1.29 is 4.74 Å². The lowest BCUT2D eigenvalue weighted by molar-refractivity contribution is 0.352. The molecule has 72 valence electrons. The van der Waals surface area contributed by atoms with Crippen molar-refractivity contribution in [2.45, 2.75) is 19.9 Å². The van der Waals surface area contributed by atoms with Gasteiger partial charge in [0.05, 0.1) is 6.61 Å². The molecule has 0 bridgehead atoms. The first-order valence-corrected chi connectivity index (χ1v) is 5.04. The Labute approximate surface area is 83.6 Å². The van der Waals surface area contributed by atoms with Crippen LogP contribution in [0.1, 0.15) is 23.6 Å². The van der Waals surface area contributed by atoms with E-state index >= 15 is 0 Å². The third kappa shape index (κ3) is 1.03. The average Bonchev–Trinajstić information content (AvgIpc) is 2.65. The summed E-state index contributed by atoms with van der Waals surface area (Å²) in [6, 6.07) is 4.39. The molecule has 0 spiro atoms. The molecule has 0 fully saturated rings. The van der Waals surface area contributed by atoms with E-state index in [1.807, 2.05) is 0 Å². The molecule has 0 amide bonds. The molecule has 0 radical (unpaired) electrons. The molecule has 3 rings (SSSR count). The van der Waals surface area contributed by atoms with Gasteiger partial charge < -0.3 is 10.1 Å². The van der Waals surface area contributed by atoms with E-state index in [9.17, 15) is 0 Å². The van der Waals surface area contributed by atoms with Gasteiger partial charge in [-0.15, -0.1) is 0 Å². The van der Waals surface area contributed by atoms with Crippen LogP contribution in [0.3, 0.4) is 0 Å². The van der Waals surface area contributed by atoms with E-state index < -0.39 is 0 Å². The molecule has 0 aliphatic carbocycles. The number of rotatable bonds is 0. The number of allylic oxidation sites excluding steroid dienone is 1. The standard InChI is InChI=1S/C12H13NO/c1-8-6-10-3-2-9-4-5-14-12(9)11(10)7-13-8/h2-3,6,13H,4-5,7H2,1H3. The summed E-state index contributed by atoms with van der Waals surface area (Å²) in [4.78, 5) is 0. The quantitative estimate of drug-likeness (QED) is 0.671. The molecule has 2 heterocycles. The normalized spacial score (nSPS) is 17.6. The maximum absolute atomic E-state index is 5.66. The van der Waals surface area contributed by atoms with Crippen molar-refractivity contribution >= 4 is 6.08 Å². The largest absolute Gasteiger partial charge is 0.493 e. The van der Waals surface area contributed by atoms with Gasteiger partial charge in [0.25, 0.3) is 0 Å². The lowest BCUT2D eigenvalue weighted by atomic mass is 9.98. The molecule has 1 N–H and O–H groups in total. The Morgan fingerprint density at radius 1 is 1.36 bits per heavy atom. The monoisotopic (exact) mass is 187 g/mol. The Morgan fingerprint density at radius 3 is 3.21 bits per heavy atom. The van der Waals surface area contributed by atoms with E-state index in [1.54, 1.807) is 0 Å². The van der Waals surface area contributed by atoms with Crippen LogP contribution < -0.4 is 10.1 Å². The van der Waals surface area contributed by atoms with Gasteiger partial charge in [0, 0.05) is 24.2 Å². The van der Waals surface area contributed by atoms with Crippen molar-refractivity contribution in [2.75, 3.05) is 6.61 Å². The summed E-state index contributed by atoms with van der Waals surface area (Å²) in [6.45, 7) is 3.84. The fourth-order valence-corrected chi connectivity index (χ4v) is 2.16. The lowest BCUT2D eigenvalue weighted by Gasteiger charge is -2.18. The van der Waals surface area contributed by atoms with Crippen LogP contribution in [0.2, 0.25) is 0 Å². The first-order valence-electron chi connectivity index (χ1n) is 5.04. The average molecular weight is 187 g/mol. The molecule has 2 heteroatoms. The van der Waals surface area contributed by atoms with Crippen LogP contribution in [0.5, 0.6) is 5.75 Å². The van der Waals surface area contributed by atoms with Crippen molar-refractivity contribution in [1.29, 1.82) is 0 Å². The molecule has 0 aromatic heterocycles. The number of fused-ring (bicyclic) bond motifs is 3. The van der Waals surface area contributed by atoms with Crippen LogP contribution in [0.4, 0.5) is 0 Å². The Bertz CT molecular complexity index is 421. The Balaban J connectivity index is 2.20. The molecule has 0 saturated heterocycles. The van der Waals surface area contributed by atoms with Crippen LogP contribution in [0.15, 0.2) is 17.8 Å². The molecule has 1 aromatic carbocycles. The second-order valence-electron chi connectivity index (χ2n) is 3.90. The molecule has 1 aromatic rings. The minimum absolute atomic E-state index is 0.842. The van der Waals surface area contributed by atoms with Crippen molar-refractivity contribution in [3.05, 3.63) is 34.5 Å². The van der Waals surface area contributed by atoms with Gasteiger partial charge in [-0.25, -0.2) is 0 Å². The van der Waals surface area contributed by atoms with E-state index in [0.29, 0.717) is 0 Å². The first kappa shape index (κ1) is 7.92. The van der Waals surface area contributed by atoms with Gasteiger partial charge in [-0.3, -0.25) is 0 Å². The van der Waals surface area contributed by atoms with E-state index in [4.69, 9.17) is 4.74 Å². The van der Waals surface area contributed by atoms with Gasteiger partial charge in [0.2, 0.25) is 0 Å². The van der Waals surface area contributed by atoms with Crippen LogP contribution in [0.25, 0.3) is 6.08 Å². The summed E-state index contributed by atoms with van der Waals surface area (Å²) in [5.41, 5.74) is 5.22. The summed E-state index contributed by atoms with van der Waals surface area (Å²) in [6.07, 6.45) is 3.24. The summed E-state index contributed by atoms with van der Waals surface area (Å²) >= 11 is 0. The summed E-state index contributed by atoms with van der Waals surface area (Å²) in [7, 11) is 0. The molecule has 2 aliphatic heterocycles. The highest BCUT2D eigenvalue weighted by Crippen LogP contribution is 2.34.